The molecule has 1 aromatic rings. The Balaban J connectivity index is 1.84. The van der Waals surface area contributed by atoms with E-state index in [9.17, 15) is 0 Å². The van der Waals surface area contributed by atoms with Crippen molar-refractivity contribution in [1.29, 1.82) is 0 Å². The van der Waals surface area contributed by atoms with Gasteiger partial charge in [0.25, 0.3) is 0 Å². The second kappa shape index (κ2) is 5.70. The van der Waals surface area contributed by atoms with Crippen molar-refractivity contribution < 1.29 is 4.74 Å². The summed E-state index contributed by atoms with van der Waals surface area (Å²) in [4.78, 5) is 0. The number of benzene rings is 1. The topological polar surface area (TPSA) is 21.3 Å². The van der Waals surface area contributed by atoms with Crippen molar-refractivity contribution >= 4 is 28.3 Å². The highest BCUT2D eigenvalue weighted by Gasteiger charge is 2.13. The molecule has 15 heavy (non-hydrogen) atoms. The van der Waals surface area contributed by atoms with E-state index in [4.69, 9.17) is 4.74 Å². The van der Waals surface area contributed by atoms with Gasteiger partial charge in [0.05, 0.1) is 6.61 Å². The predicted molar refractivity (Wildman–Crippen MR) is 71.2 cm³/mol. The number of anilines is 1. The zero-order valence-corrected chi connectivity index (χ0v) is 10.9. The Morgan fingerprint density at radius 1 is 1.40 bits per heavy atom. The number of rotatable bonds is 3. The normalized spacial score (nSPS) is 21.3. The smallest absolute Gasteiger partial charge is 0.0511 e. The second-order valence-corrected chi connectivity index (χ2v) is 5.11. The third-order valence-corrected chi connectivity index (χ3v) is 3.65. The standard InChI is InChI=1S/C12H16INO/c13-11-5-1-2-6-12(11)14-8-10-4-3-7-15-9-10/h1-2,5-6,10,14H,3-4,7-9H2. The lowest BCUT2D eigenvalue weighted by atomic mass is 10.0. The summed E-state index contributed by atoms with van der Waals surface area (Å²) in [5.74, 6) is 0.676. The quantitative estimate of drug-likeness (QED) is 0.865. The Bertz CT molecular complexity index is 310. The molecule has 2 nitrogen and oxygen atoms in total. The van der Waals surface area contributed by atoms with Crippen molar-refractivity contribution in [3.8, 4) is 0 Å². The summed E-state index contributed by atoms with van der Waals surface area (Å²) in [6.45, 7) is 2.88. The lowest BCUT2D eigenvalue weighted by molar-refractivity contribution is 0.0595. The lowest BCUT2D eigenvalue weighted by Crippen LogP contribution is -2.24. The average Bonchev–Trinajstić information content (AvgIpc) is 2.29. The van der Waals surface area contributed by atoms with Gasteiger partial charge < -0.3 is 10.1 Å². The molecule has 82 valence electrons. The molecule has 0 spiro atoms. The van der Waals surface area contributed by atoms with E-state index in [1.54, 1.807) is 0 Å². The van der Waals surface area contributed by atoms with Gasteiger partial charge in [0.2, 0.25) is 0 Å². The van der Waals surface area contributed by atoms with Gasteiger partial charge in [-0.2, -0.15) is 0 Å². The zero-order chi connectivity index (χ0) is 10.5. The van der Waals surface area contributed by atoms with Crippen LogP contribution in [0.5, 0.6) is 0 Å². The van der Waals surface area contributed by atoms with Crippen LogP contribution >= 0.6 is 22.6 Å². The van der Waals surface area contributed by atoms with Crippen LogP contribution in [0.4, 0.5) is 5.69 Å². The first kappa shape index (κ1) is 11.2. The van der Waals surface area contributed by atoms with Crippen molar-refractivity contribution in [2.24, 2.45) is 5.92 Å². The van der Waals surface area contributed by atoms with E-state index in [0.29, 0.717) is 5.92 Å². The van der Waals surface area contributed by atoms with Gasteiger partial charge in [0, 0.05) is 22.4 Å². The molecule has 0 saturated carbocycles. The Morgan fingerprint density at radius 2 is 2.27 bits per heavy atom. The van der Waals surface area contributed by atoms with Crippen LogP contribution in [0.1, 0.15) is 12.8 Å². The lowest BCUT2D eigenvalue weighted by Gasteiger charge is -2.22. The highest BCUT2D eigenvalue weighted by Crippen LogP contribution is 2.19. The summed E-state index contributed by atoms with van der Waals surface area (Å²) >= 11 is 2.36. The van der Waals surface area contributed by atoms with Gasteiger partial charge in [-0.15, -0.1) is 0 Å². The fraction of sp³-hybridized carbons (Fsp3) is 0.500. The van der Waals surface area contributed by atoms with Gasteiger partial charge in [0.1, 0.15) is 0 Å². The Hall–Kier alpha value is -0.290. The summed E-state index contributed by atoms with van der Waals surface area (Å²) < 4.78 is 6.74. The molecule has 0 radical (unpaired) electrons. The van der Waals surface area contributed by atoms with Gasteiger partial charge in [-0.3, -0.25) is 0 Å². The van der Waals surface area contributed by atoms with E-state index in [1.807, 2.05) is 0 Å². The first-order chi connectivity index (χ1) is 7.36. The summed E-state index contributed by atoms with van der Waals surface area (Å²) in [6.07, 6.45) is 2.49. The monoisotopic (exact) mass is 317 g/mol. The number of nitrogens with one attached hydrogen (secondary N) is 1. The molecule has 1 aliphatic heterocycles. The minimum atomic E-state index is 0.676. The van der Waals surface area contributed by atoms with Crippen molar-refractivity contribution in [3.05, 3.63) is 27.8 Å². The van der Waals surface area contributed by atoms with Crippen molar-refractivity contribution in [2.75, 3.05) is 25.1 Å². The molecule has 1 saturated heterocycles. The highest BCUT2D eigenvalue weighted by molar-refractivity contribution is 14.1. The third-order valence-electron chi connectivity index (χ3n) is 2.71. The number of hydrogen-bond acceptors (Lipinski definition) is 2. The van der Waals surface area contributed by atoms with Crippen LogP contribution in [0.3, 0.4) is 0 Å². The maximum Gasteiger partial charge on any atom is 0.0511 e. The van der Waals surface area contributed by atoms with Gasteiger partial charge in [-0.1, -0.05) is 12.1 Å². The molecule has 0 bridgehead atoms. The van der Waals surface area contributed by atoms with Crippen LogP contribution < -0.4 is 5.32 Å². The van der Waals surface area contributed by atoms with E-state index in [0.717, 1.165) is 19.8 Å². The van der Waals surface area contributed by atoms with Gasteiger partial charge in [0.15, 0.2) is 0 Å². The van der Waals surface area contributed by atoms with Crippen LogP contribution in [0.25, 0.3) is 0 Å². The third kappa shape index (κ3) is 3.34. The molecule has 0 amide bonds. The molecule has 1 unspecified atom stereocenters. The van der Waals surface area contributed by atoms with E-state index in [2.05, 4.69) is 52.2 Å². The zero-order valence-electron chi connectivity index (χ0n) is 8.71. The molecule has 0 aromatic heterocycles. The summed E-state index contributed by atoms with van der Waals surface area (Å²) in [6, 6.07) is 8.39. The van der Waals surface area contributed by atoms with Crippen LogP contribution in [-0.4, -0.2) is 19.8 Å². The minimum absolute atomic E-state index is 0.676. The first-order valence-corrected chi connectivity index (χ1v) is 6.50. The van der Waals surface area contributed by atoms with Gasteiger partial charge in [-0.05, 0) is 53.5 Å². The molecular weight excluding hydrogens is 301 g/mol. The molecule has 1 heterocycles. The summed E-state index contributed by atoms with van der Waals surface area (Å²) in [5, 5.41) is 3.50. The van der Waals surface area contributed by atoms with Crippen LogP contribution in [0.15, 0.2) is 24.3 Å². The summed E-state index contributed by atoms with van der Waals surface area (Å²) in [7, 11) is 0. The van der Waals surface area contributed by atoms with E-state index < -0.39 is 0 Å². The molecule has 0 aliphatic carbocycles. The number of hydrogen-bond donors (Lipinski definition) is 1. The fourth-order valence-electron chi connectivity index (χ4n) is 1.83. The molecule has 2 rings (SSSR count). The molecule has 1 aromatic carbocycles. The number of para-hydroxylation sites is 1. The van der Waals surface area contributed by atoms with E-state index in [-0.39, 0.29) is 0 Å². The molecule has 1 fully saturated rings. The van der Waals surface area contributed by atoms with Crippen molar-refractivity contribution in [3.63, 3.8) is 0 Å². The van der Waals surface area contributed by atoms with Crippen molar-refractivity contribution in [1.82, 2.24) is 0 Å². The molecule has 1 atom stereocenters. The Labute approximate surface area is 105 Å². The summed E-state index contributed by atoms with van der Waals surface area (Å²) in [5.41, 5.74) is 1.24. The molecular formula is C12H16INO. The second-order valence-electron chi connectivity index (χ2n) is 3.94. The largest absolute Gasteiger partial charge is 0.384 e. The minimum Gasteiger partial charge on any atom is -0.384 e. The van der Waals surface area contributed by atoms with Crippen LogP contribution in [0, 0.1) is 9.49 Å². The molecule has 1 aliphatic rings. The highest BCUT2D eigenvalue weighted by atomic mass is 127. The van der Waals surface area contributed by atoms with Crippen LogP contribution in [0.2, 0.25) is 0 Å². The first-order valence-electron chi connectivity index (χ1n) is 5.42. The van der Waals surface area contributed by atoms with Gasteiger partial charge in [-0.25, -0.2) is 0 Å². The molecule has 1 N–H and O–H groups in total. The predicted octanol–water partition coefficient (Wildman–Crippen LogP) is 3.13. The maximum absolute atomic E-state index is 5.46. The Kier molecular flexibility index (Phi) is 4.26. The molecule has 3 heteroatoms. The maximum atomic E-state index is 5.46. The number of ether oxygens (including phenoxy) is 1. The van der Waals surface area contributed by atoms with E-state index >= 15 is 0 Å². The number of halogens is 1. The fourth-order valence-corrected chi connectivity index (χ4v) is 2.41. The van der Waals surface area contributed by atoms with Crippen LogP contribution in [-0.2, 0) is 4.74 Å². The Morgan fingerprint density at radius 3 is 3.00 bits per heavy atom. The van der Waals surface area contributed by atoms with E-state index in [1.165, 1.54) is 22.1 Å². The van der Waals surface area contributed by atoms with Gasteiger partial charge >= 0.3 is 0 Å². The SMILES string of the molecule is Ic1ccccc1NCC1CCCOC1. The average molecular weight is 317 g/mol. The van der Waals surface area contributed by atoms with Crippen molar-refractivity contribution in [2.45, 2.75) is 12.8 Å².